The molecule has 2 aromatic heterocycles. The van der Waals surface area contributed by atoms with Crippen molar-refractivity contribution < 1.29 is 4.79 Å². The van der Waals surface area contributed by atoms with Crippen molar-refractivity contribution in [3.63, 3.8) is 0 Å². The SMILES string of the molecule is Cc1cc(N)c(C(=O)NCc2cc(Br)cs2)cn1. The third-order valence-electron chi connectivity index (χ3n) is 2.36. The molecule has 0 aliphatic carbocycles. The maximum atomic E-state index is 11.9. The number of carbonyl (C=O) groups is 1. The van der Waals surface area contributed by atoms with E-state index in [-0.39, 0.29) is 5.91 Å². The zero-order valence-electron chi connectivity index (χ0n) is 9.74. The van der Waals surface area contributed by atoms with E-state index >= 15 is 0 Å². The van der Waals surface area contributed by atoms with Crippen LogP contribution in [0.1, 0.15) is 20.9 Å². The highest BCUT2D eigenvalue weighted by molar-refractivity contribution is 9.10. The van der Waals surface area contributed by atoms with Crippen LogP contribution in [-0.4, -0.2) is 10.9 Å². The first-order chi connectivity index (χ1) is 8.56. The van der Waals surface area contributed by atoms with E-state index < -0.39 is 0 Å². The minimum atomic E-state index is -0.204. The molecule has 0 aromatic carbocycles. The number of nitrogen functional groups attached to an aromatic ring is 1. The van der Waals surface area contributed by atoms with E-state index in [0.717, 1.165) is 15.0 Å². The average molecular weight is 326 g/mol. The highest BCUT2D eigenvalue weighted by Crippen LogP contribution is 2.19. The lowest BCUT2D eigenvalue weighted by Crippen LogP contribution is -2.23. The molecule has 2 heterocycles. The van der Waals surface area contributed by atoms with Crippen LogP contribution in [0.25, 0.3) is 0 Å². The Morgan fingerprint density at radius 3 is 2.94 bits per heavy atom. The molecule has 4 nitrogen and oxygen atoms in total. The van der Waals surface area contributed by atoms with Crippen LogP contribution in [0.5, 0.6) is 0 Å². The summed E-state index contributed by atoms with van der Waals surface area (Å²) < 4.78 is 1.02. The van der Waals surface area contributed by atoms with Crippen molar-refractivity contribution in [1.82, 2.24) is 10.3 Å². The Balaban J connectivity index is 2.03. The lowest BCUT2D eigenvalue weighted by Gasteiger charge is -2.06. The number of hydrogen-bond acceptors (Lipinski definition) is 4. The van der Waals surface area contributed by atoms with Crippen molar-refractivity contribution in [3.05, 3.63) is 44.3 Å². The summed E-state index contributed by atoms with van der Waals surface area (Å²) in [6, 6.07) is 3.67. The number of pyridine rings is 1. The van der Waals surface area contributed by atoms with E-state index in [0.29, 0.717) is 17.8 Å². The molecule has 0 radical (unpaired) electrons. The fourth-order valence-electron chi connectivity index (χ4n) is 1.48. The van der Waals surface area contributed by atoms with E-state index in [2.05, 4.69) is 26.2 Å². The van der Waals surface area contributed by atoms with Crippen LogP contribution in [0.15, 0.2) is 28.2 Å². The van der Waals surface area contributed by atoms with Gasteiger partial charge in [-0.15, -0.1) is 11.3 Å². The monoisotopic (exact) mass is 325 g/mol. The quantitative estimate of drug-likeness (QED) is 0.911. The second-order valence-corrected chi connectivity index (χ2v) is 5.74. The molecular formula is C12H12BrN3OS. The number of nitrogens with one attached hydrogen (secondary N) is 1. The number of rotatable bonds is 3. The molecule has 0 atom stereocenters. The van der Waals surface area contributed by atoms with E-state index in [9.17, 15) is 4.79 Å². The lowest BCUT2D eigenvalue weighted by atomic mass is 10.2. The lowest BCUT2D eigenvalue weighted by molar-refractivity contribution is 0.0952. The summed E-state index contributed by atoms with van der Waals surface area (Å²) in [6.45, 7) is 2.32. The third-order valence-corrected chi connectivity index (χ3v) is 4.06. The Kier molecular flexibility index (Phi) is 3.98. The highest BCUT2D eigenvalue weighted by atomic mass is 79.9. The molecule has 0 saturated heterocycles. The number of aromatic nitrogens is 1. The van der Waals surface area contributed by atoms with Crippen molar-refractivity contribution in [2.75, 3.05) is 5.73 Å². The van der Waals surface area contributed by atoms with Crippen LogP contribution < -0.4 is 11.1 Å². The minimum absolute atomic E-state index is 0.204. The molecule has 18 heavy (non-hydrogen) atoms. The predicted octanol–water partition coefficient (Wildman–Crippen LogP) is 2.73. The molecular weight excluding hydrogens is 314 g/mol. The fourth-order valence-corrected chi connectivity index (χ4v) is 2.87. The van der Waals surface area contributed by atoms with E-state index in [4.69, 9.17) is 5.73 Å². The van der Waals surface area contributed by atoms with Crippen molar-refractivity contribution in [2.45, 2.75) is 13.5 Å². The Morgan fingerprint density at radius 2 is 2.33 bits per heavy atom. The maximum Gasteiger partial charge on any atom is 0.255 e. The number of hydrogen-bond donors (Lipinski definition) is 2. The summed E-state index contributed by atoms with van der Waals surface area (Å²) in [5.74, 6) is -0.204. The largest absolute Gasteiger partial charge is 0.398 e. The number of thiophene rings is 1. The topological polar surface area (TPSA) is 68.0 Å². The van der Waals surface area contributed by atoms with Gasteiger partial charge in [-0.1, -0.05) is 0 Å². The molecule has 2 rings (SSSR count). The summed E-state index contributed by atoms with van der Waals surface area (Å²) in [6.07, 6.45) is 1.50. The van der Waals surface area contributed by atoms with Gasteiger partial charge in [0.25, 0.3) is 5.91 Å². The minimum Gasteiger partial charge on any atom is -0.398 e. The smallest absolute Gasteiger partial charge is 0.255 e. The van der Waals surface area contributed by atoms with Gasteiger partial charge in [0.05, 0.1) is 12.1 Å². The summed E-state index contributed by atoms with van der Waals surface area (Å²) in [5.41, 5.74) is 7.45. The third kappa shape index (κ3) is 3.08. The average Bonchev–Trinajstić information content (AvgIpc) is 2.72. The molecule has 0 bridgehead atoms. The van der Waals surface area contributed by atoms with Crippen LogP contribution in [0, 0.1) is 6.92 Å². The molecule has 94 valence electrons. The number of aryl methyl sites for hydroxylation is 1. The first kappa shape index (κ1) is 13.0. The molecule has 0 spiro atoms. The van der Waals surface area contributed by atoms with Gasteiger partial charge in [-0.25, -0.2) is 0 Å². The molecule has 0 unspecified atom stereocenters. The van der Waals surface area contributed by atoms with Gasteiger partial charge in [0.1, 0.15) is 0 Å². The van der Waals surface area contributed by atoms with Crippen molar-refractivity contribution >= 4 is 38.9 Å². The molecule has 0 saturated carbocycles. The highest BCUT2D eigenvalue weighted by Gasteiger charge is 2.10. The number of carbonyl (C=O) groups excluding carboxylic acids is 1. The summed E-state index contributed by atoms with van der Waals surface area (Å²) in [7, 11) is 0. The summed E-state index contributed by atoms with van der Waals surface area (Å²) >= 11 is 4.96. The first-order valence-corrected chi connectivity index (χ1v) is 6.97. The van der Waals surface area contributed by atoms with Gasteiger partial charge in [0.15, 0.2) is 0 Å². The number of anilines is 1. The molecule has 3 N–H and O–H groups in total. The zero-order chi connectivity index (χ0) is 13.1. The fraction of sp³-hybridized carbons (Fsp3) is 0.167. The maximum absolute atomic E-state index is 11.9. The molecule has 6 heteroatoms. The van der Waals surface area contributed by atoms with E-state index in [1.807, 2.05) is 18.4 Å². The Labute approximate surface area is 117 Å². The second-order valence-electron chi connectivity index (χ2n) is 3.83. The van der Waals surface area contributed by atoms with Crippen LogP contribution in [0.4, 0.5) is 5.69 Å². The van der Waals surface area contributed by atoms with Gasteiger partial charge in [-0.3, -0.25) is 9.78 Å². The van der Waals surface area contributed by atoms with Gasteiger partial charge in [-0.05, 0) is 35.0 Å². The van der Waals surface area contributed by atoms with E-state index in [1.54, 1.807) is 17.4 Å². The summed E-state index contributed by atoms with van der Waals surface area (Å²) in [4.78, 5) is 17.1. The van der Waals surface area contributed by atoms with Gasteiger partial charge in [-0.2, -0.15) is 0 Å². The molecule has 2 aromatic rings. The predicted molar refractivity (Wildman–Crippen MR) is 76.6 cm³/mol. The van der Waals surface area contributed by atoms with Crippen molar-refractivity contribution in [1.29, 1.82) is 0 Å². The van der Waals surface area contributed by atoms with E-state index in [1.165, 1.54) is 6.20 Å². The van der Waals surface area contributed by atoms with Crippen LogP contribution in [0.2, 0.25) is 0 Å². The van der Waals surface area contributed by atoms with Crippen molar-refractivity contribution in [2.24, 2.45) is 0 Å². The zero-order valence-corrected chi connectivity index (χ0v) is 12.1. The van der Waals surface area contributed by atoms with Gasteiger partial charge in [0.2, 0.25) is 0 Å². The Hall–Kier alpha value is -1.40. The summed E-state index contributed by atoms with van der Waals surface area (Å²) in [5, 5.41) is 4.79. The number of nitrogens with zero attached hydrogens (tertiary/aromatic N) is 1. The van der Waals surface area contributed by atoms with Gasteiger partial charge < -0.3 is 11.1 Å². The Morgan fingerprint density at radius 1 is 1.56 bits per heavy atom. The molecule has 1 amide bonds. The number of amides is 1. The number of nitrogens with two attached hydrogens (primary N) is 1. The first-order valence-electron chi connectivity index (χ1n) is 5.29. The normalized spacial score (nSPS) is 10.3. The van der Waals surface area contributed by atoms with Gasteiger partial charge in [0, 0.05) is 32.3 Å². The van der Waals surface area contributed by atoms with Crippen LogP contribution >= 0.6 is 27.3 Å². The number of halogens is 1. The Bertz CT molecular complexity index is 582. The molecule has 0 fully saturated rings. The molecule has 0 aliphatic heterocycles. The second kappa shape index (κ2) is 5.49. The van der Waals surface area contributed by atoms with Crippen molar-refractivity contribution in [3.8, 4) is 0 Å². The van der Waals surface area contributed by atoms with Crippen LogP contribution in [0.3, 0.4) is 0 Å². The standard InChI is InChI=1S/C12H12BrN3OS/c1-7-2-11(14)10(5-15-7)12(17)16-4-9-3-8(13)6-18-9/h2-3,5-6H,4H2,1H3,(H2,14,15)(H,16,17). The van der Waals surface area contributed by atoms with Gasteiger partial charge >= 0.3 is 0 Å². The van der Waals surface area contributed by atoms with Crippen LogP contribution in [-0.2, 0) is 6.54 Å². The molecule has 0 aliphatic rings.